The highest BCUT2D eigenvalue weighted by Gasteiger charge is 2.11. The summed E-state index contributed by atoms with van der Waals surface area (Å²) in [6.07, 6.45) is 1.57. The van der Waals surface area contributed by atoms with E-state index < -0.39 is 0 Å². The highest BCUT2D eigenvalue weighted by Crippen LogP contribution is 2.29. The van der Waals surface area contributed by atoms with Crippen LogP contribution < -0.4 is 5.32 Å². The SMILES string of the molecule is Cn1ncnc1Sc1ccc(CNC(C)(C)C)c(Br)c1. The van der Waals surface area contributed by atoms with E-state index in [9.17, 15) is 0 Å². The molecule has 0 aliphatic rings. The van der Waals surface area contributed by atoms with Gasteiger partial charge in [0, 0.05) is 28.5 Å². The number of nitrogens with zero attached hydrogens (tertiary/aromatic N) is 3. The molecule has 1 aromatic carbocycles. The third-order valence-corrected chi connectivity index (χ3v) is 4.49. The molecule has 0 saturated carbocycles. The lowest BCUT2D eigenvalue weighted by molar-refractivity contribution is 0.424. The molecule has 1 N–H and O–H groups in total. The van der Waals surface area contributed by atoms with Gasteiger partial charge in [0.25, 0.3) is 0 Å². The molecule has 0 atom stereocenters. The number of aromatic nitrogens is 3. The van der Waals surface area contributed by atoms with Crippen molar-refractivity contribution in [3.05, 3.63) is 34.6 Å². The lowest BCUT2D eigenvalue weighted by Gasteiger charge is -2.21. The molecule has 20 heavy (non-hydrogen) atoms. The Kier molecular flexibility index (Phi) is 4.88. The van der Waals surface area contributed by atoms with Crippen molar-refractivity contribution in [3.63, 3.8) is 0 Å². The van der Waals surface area contributed by atoms with E-state index in [1.807, 2.05) is 7.05 Å². The van der Waals surface area contributed by atoms with Crippen molar-refractivity contribution in [3.8, 4) is 0 Å². The Labute approximate surface area is 132 Å². The topological polar surface area (TPSA) is 42.7 Å². The zero-order chi connectivity index (χ0) is 14.8. The van der Waals surface area contributed by atoms with Gasteiger partial charge in [-0.05, 0) is 38.5 Å². The summed E-state index contributed by atoms with van der Waals surface area (Å²) in [5.41, 5.74) is 1.37. The summed E-state index contributed by atoms with van der Waals surface area (Å²) in [6.45, 7) is 7.34. The lowest BCUT2D eigenvalue weighted by atomic mass is 10.1. The van der Waals surface area contributed by atoms with Gasteiger partial charge >= 0.3 is 0 Å². The van der Waals surface area contributed by atoms with E-state index in [1.54, 1.807) is 22.8 Å². The number of nitrogens with one attached hydrogen (secondary N) is 1. The average Bonchev–Trinajstić information content (AvgIpc) is 2.73. The van der Waals surface area contributed by atoms with E-state index >= 15 is 0 Å². The average molecular weight is 355 g/mol. The summed E-state index contributed by atoms with van der Waals surface area (Å²) in [6, 6.07) is 6.38. The van der Waals surface area contributed by atoms with E-state index in [4.69, 9.17) is 0 Å². The maximum Gasteiger partial charge on any atom is 0.190 e. The number of hydrogen-bond donors (Lipinski definition) is 1. The fraction of sp³-hybridized carbons (Fsp3) is 0.429. The van der Waals surface area contributed by atoms with Crippen molar-refractivity contribution < 1.29 is 0 Å². The fourth-order valence-electron chi connectivity index (χ4n) is 1.58. The third-order valence-electron chi connectivity index (χ3n) is 2.71. The smallest absolute Gasteiger partial charge is 0.190 e. The number of hydrogen-bond acceptors (Lipinski definition) is 4. The molecule has 0 aliphatic heterocycles. The van der Waals surface area contributed by atoms with Crippen molar-refractivity contribution in [1.82, 2.24) is 20.1 Å². The van der Waals surface area contributed by atoms with Gasteiger partial charge in [-0.25, -0.2) is 9.67 Å². The summed E-state index contributed by atoms with van der Waals surface area (Å²) in [7, 11) is 1.89. The first-order valence-electron chi connectivity index (χ1n) is 6.40. The van der Waals surface area contributed by atoms with E-state index in [0.717, 1.165) is 21.1 Å². The Bertz CT molecular complexity index is 589. The summed E-state index contributed by atoms with van der Waals surface area (Å²) in [5.74, 6) is 0. The highest BCUT2D eigenvalue weighted by atomic mass is 79.9. The third kappa shape index (κ3) is 4.33. The van der Waals surface area contributed by atoms with Gasteiger partial charge in [-0.15, -0.1) is 0 Å². The summed E-state index contributed by atoms with van der Waals surface area (Å²) in [4.78, 5) is 5.36. The standard InChI is InChI=1S/C14H19BrN4S/c1-14(2,3)17-8-10-5-6-11(7-12(10)15)20-13-16-9-18-19(13)4/h5-7,9,17H,8H2,1-4H3. The van der Waals surface area contributed by atoms with Gasteiger partial charge in [0.05, 0.1) is 0 Å². The van der Waals surface area contributed by atoms with Crippen LogP contribution in [0.1, 0.15) is 26.3 Å². The second kappa shape index (κ2) is 6.28. The minimum atomic E-state index is 0.117. The molecule has 6 heteroatoms. The largest absolute Gasteiger partial charge is 0.308 e. The number of aryl methyl sites for hydroxylation is 1. The highest BCUT2D eigenvalue weighted by molar-refractivity contribution is 9.10. The first-order valence-corrected chi connectivity index (χ1v) is 8.01. The molecular weight excluding hydrogens is 336 g/mol. The molecule has 0 radical (unpaired) electrons. The molecule has 4 nitrogen and oxygen atoms in total. The molecule has 0 amide bonds. The molecule has 0 unspecified atom stereocenters. The predicted molar refractivity (Wildman–Crippen MR) is 85.9 cm³/mol. The zero-order valence-electron chi connectivity index (χ0n) is 12.1. The van der Waals surface area contributed by atoms with Crippen molar-refractivity contribution >= 4 is 27.7 Å². The van der Waals surface area contributed by atoms with Crippen LogP contribution in [0.25, 0.3) is 0 Å². The first kappa shape index (κ1) is 15.5. The van der Waals surface area contributed by atoms with E-state index in [0.29, 0.717) is 0 Å². The van der Waals surface area contributed by atoms with Crippen molar-refractivity contribution in [1.29, 1.82) is 0 Å². The number of rotatable bonds is 4. The van der Waals surface area contributed by atoms with Gasteiger partial charge in [-0.3, -0.25) is 0 Å². The molecule has 2 aromatic rings. The van der Waals surface area contributed by atoms with Crippen LogP contribution in [-0.2, 0) is 13.6 Å². The maximum atomic E-state index is 4.22. The van der Waals surface area contributed by atoms with Crippen molar-refractivity contribution in [2.45, 2.75) is 42.9 Å². The normalized spacial score (nSPS) is 11.8. The van der Waals surface area contributed by atoms with Crippen LogP contribution in [0.4, 0.5) is 0 Å². The monoisotopic (exact) mass is 354 g/mol. The maximum absolute atomic E-state index is 4.22. The summed E-state index contributed by atoms with van der Waals surface area (Å²) in [5, 5.41) is 8.45. The van der Waals surface area contributed by atoms with Crippen molar-refractivity contribution in [2.75, 3.05) is 0 Å². The van der Waals surface area contributed by atoms with Crippen LogP contribution in [-0.4, -0.2) is 20.3 Å². The summed E-state index contributed by atoms with van der Waals surface area (Å²) >= 11 is 5.25. The number of halogens is 1. The van der Waals surface area contributed by atoms with Gasteiger partial charge in [-0.1, -0.05) is 33.8 Å². The lowest BCUT2D eigenvalue weighted by Crippen LogP contribution is -2.35. The van der Waals surface area contributed by atoms with Crippen LogP contribution >= 0.6 is 27.7 Å². The Morgan fingerprint density at radius 3 is 2.65 bits per heavy atom. The molecule has 1 heterocycles. The van der Waals surface area contributed by atoms with Crippen molar-refractivity contribution in [2.24, 2.45) is 7.05 Å². The quantitative estimate of drug-likeness (QED) is 0.910. The molecule has 0 saturated heterocycles. The molecular formula is C14H19BrN4S. The predicted octanol–water partition coefficient (Wildman–Crippen LogP) is 3.62. The van der Waals surface area contributed by atoms with Gasteiger partial charge in [0.15, 0.2) is 5.16 Å². The second-order valence-corrected chi connectivity index (χ2v) is 7.52. The minimum absolute atomic E-state index is 0.117. The molecule has 0 aliphatic carbocycles. The number of benzene rings is 1. The molecule has 2 rings (SSSR count). The molecule has 1 aromatic heterocycles. The van der Waals surface area contributed by atoms with Crippen LogP contribution in [0.3, 0.4) is 0 Å². The second-order valence-electron chi connectivity index (χ2n) is 5.63. The Morgan fingerprint density at radius 1 is 1.35 bits per heavy atom. The van der Waals surface area contributed by atoms with E-state index in [-0.39, 0.29) is 5.54 Å². The Hall–Kier alpha value is -0.850. The molecule has 0 bridgehead atoms. The molecule has 0 spiro atoms. The van der Waals surface area contributed by atoms with Gasteiger partial charge in [0.2, 0.25) is 0 Å². The van der Waals surface area contributed by atoms with Crippen LogP contribution in [0, 0.1) is 0 Å². The summed E-state index contributed by atoms with van der Waals surface area (Å²) < 4.78 is 2.88. The fourth-order valence-corrected chi connectivity index (χ4v) is 3.05. The van der Waals surface area contributed by atoms with E-state index in [2.05, 4.69) is 70.3 Å². The molecule has 0 fully saturated rings. The van der Waals surface area contributed by atoms with Gasteiger partial charge in [0.1, 0.15) is 6.33 Å². The van der Waals surface area contributed by atoms with Gasteiger partial charge < -0.3 is 5.32 Å². The van der Waals surface area contributed by atoms with Crippen LogP contribution in [0.5, 0.6) is 0 Å². The first-order chi connectivity index (χ1) is 9.35. The van der Waals surface area contributed by atoms with Crippen LogP contribution in [0.15, 0.2) is 39.1 Å². The zero-order valence-corrected chi connectivity index (χ0v) is 14.5. The van der Waals surface area contributed by atoms with E-state index in [1.165, 1.54) is 5.56 Å². The van der Waals surface area contributed by atoms with Crippen LogP contribution in [0.2, 0.25) is 0 Å². The Balaban J connectivity index is 2.08. The van der Waals surface area contributed by atoms with Gasteiger partial charge in [-0.2, -0.15) is 5.10 Å². The molecule has 108 valence electrons. The minimum Gasteiger partial charge on any atom is -0.308 e. The Morgan fingerprint density at radius 2 is 2.10 bits per heavy atom.